The molecule has 76 valence electrons. The maximum Gasteiger partial charge on any atom is 0.309 e. The molecular weight excluding hydrogens is 180 g/mol. The van der Waals surface area contributed by atoms with Crippen LogP contribution in [0.5, 0.6) is 0 Å². The van der Waals surface area contributed by atoms with E-state index in [9.17, 15) is 20.2 Å². The lowest BCUT2D eigenvalue weighted by Gasteiger charge is -2.27. The molecule has 0 aromatic rings. The van der Waals surface area contributed by atoms with E-state index in [2.05, 4.69) is 0 Å². The van der Waals surface area contributed by atoms with E-state index in [1.165, 1.54) is 0 Å². The van der Waals surface area contributed by atoms with Crippen LogP contribution in [0, 0.1) is 20.2 Å². The van der Waals surface area contributed by atoms with Crippen LogP contribution in [-0.4, -0.2) is 32.6 Å². The molecule has 1 N–H and O–H groups in total. The molecule has 13 heavy (non-hydrogen) atoms. The summed E-state index contributed by atoms with van der Waals surface area (Å²) in [5, 5.41) is 29.9. The maximum absolute atomic E-state index is 10.5. The van der Waals surface area contributed by atoms with Gasteiger partial charge in [-0.3, -0.25) is 20.2 Å². The first-order valence-electron chi connectivity index (χ1n) is 3.60. The Hall–Kier alpha value is -1.24. The summed E-state index contributed by atoms with van der Waals surface area (Å²) in [6.45, 7) is 2.42. The van der Waals surface area contributed by atoms with Gasteiger partial charge in [0, 0.05) is 30.6 Å². The van der Waals surface area contributed by atoms with Gasteiger partial charge in [0.1, 0.15) is 6.61 Å². The fourth-order valence-corrected chi connectivity index (χ4v) is 0.671. The summed E-state index contributed by atoms with van der Waals surface area (Å²) in [4.78, 5) is 19.5. The summed E-state index contributed by atoms with van der Waals surface area (Å²) >= 11 is 0. The first kappa shape index (κ1) is 11.8. The van der Waals surface area contributed by atoms with Crippen molar-refractivity contribution in [3.8, 4) is 0 Å². The molecule has 0 aromatic carbocycles. The summed E-state index contributed by atoms with van der Waals surface area (Å²) in [6.07, 6.45) is 0. The molecular formula is C6H12N2O5. The van der Waals surface area contributed by atoms with Gasteiger partial charge in [-0.2, -0.15) is 0 Å². The number of rotatable bonds is 4. The van der Waals surface area contributed by atoms with E-state index in [0.717, 1.165) is 20.8 Å². The average molecular weight is 192 g/mol. The lowest BCUT2D eigenvalue weighted by atomic mass is 9.83. The molecule has 0 fully saturated rings. The third-order valence-corrected chi connectivity index (χ3v) is 2.49. The molecule has 0 rings (SSSR count). The van der Waals surface area contributed by atoms with E-state index < -0.39 is 27.5 Å². The highest BCUT2D eigenvalue weighted by molar-refractivity contribution is 4.90. The molecule has 0 heterocycles. The van der Waals surface area contributed by atoms with Crippen LogP contribution in [0.2, 0.25) is 0 Å². The van der Waals surface area contributed by atoms with Gasteiger partial charge in [-0.1, -0.05) is 0 Å². The fraction of sp³-hybridized carbons (Fsp3) is 1.00. The van der Waals surface area contributed by atoms with Gasteiger partial charge in [-0.25, -0.2) is 0 Å². The monoisotopic (exact) mass is 192 g/mol. The Bertz CT molecular complexity index is 239. The molecule has 0 aliphatic heterocycles. The first-order chi connectivity index (χ1) is 5.70. The molecule has 0 aliphatic carbocycles. The second kappa shape index (κ2) is 3.25. The van der Waals surface area contributed by atoms with Crippen LogP contribution in [-0.2, 0) is 0 Å². The minimum absolute atomic E-state index is 0.758. The maximum atomic E-state index is 10.5. The third kappa shape index (κ3) is 1.59. The van der Waals surface area contributed by atoms with Gasteiger partial charge in [-0.15, -0.1) is 0 Å². The van der Waals surface area contributed by atoms with Gasteiger partial charge in [0.2, 0.25) is 0 Å². The molecule has 0 unspecified atom stereocenters. The Morgan fingerprint density at radius 3 is 1.62 bits per heavy atom. The summed E-state index contributed by atoms with van der Waals surface area (Å²) < 4.78 is 0. The van der Waals surface area contributed by atoms with Crippen molar-refractivity contribution in [2.24, 2.45) is 0 Å². The SMILES string of the molecule is CC(C)([N+](=O)[O-])[C@@](C)(CO)[N+](=O)[O-]. The predicted molar refractivity (Wildman–Crippen MR) is 43.6 cm³/mol. The molecule has 0 saturated heterocycles. The molecule has 7 nitrogen and oxygen atoms in total. The third-order valence-electron chi connectivity index (χ3n) is 2.49. The number of aliphatic hydroxyl groups is 1. The number of nitrogens with zero attached hydrogens (tertiary/aromatic N) is 2. The normalized spacial score (nSPS) is 16.3. The minimum atomic E-state index is -1.96. The van der Waals surface area contributed by atoms with Crippen LogP contribution in [0.25, 0.3) is 0 Å². The smallest absolute Gasteiger partial charge is 0.309 e. The van der Waals surface area contributed by atoms with Crippen molar-refractivity contribution in [1.29, 1.82) is 0 Å². The molecule has 7 heteroatoms. The predicted octanol–water partition coefficient (Wildman–Crippen LogP) is 0.0694. The van der Waals surface area contributed by atoms with Gasteiger partial charge in [0.05, 0.1) is 0 Å². The molecule has 0 saturated carbocycles. The van der Waals surface area contributed by atoms with E-state index in [-0.39, 0.29) is 0 Å². The molecule has 0 spiro atoms. The first-order valence-corrected chi connectivity index (χ1v) is 3.60. The van der Waals surface area contributed by atoms with Gasteiger partial charge >= 0.3 is 5.54 Å². The Morgan fingerprint density at radius 1 is 1.15 bits per heavy atom. The van der Waals surface area contributed by atoms with E-state index in [1.54, 1.807) is 0 Å². The Morgan fingerprint density at radius 2 is 1.54 bits per heavy atom. The zero-order valence-corrected chi connectivity index (χ0v) is 7.68. The summed E-state index contributed by atoms with van der Waals surface area (Å²) in [7, 11) is 0. The highest BCUT2D eigenvalue weighted by Crippen LogP contribution is 2.27. The Kier molecular flexibility index (Phi) is 2.94. The van der Waals surface area contributed by atoms with Crippen LogP contribution in [0.1, 0.15) is 20.8 Å². The summed E-state index contributed by atoms with van der Waals surface area (Å²) in [5.41, 5.74) is -3.76. The van der Waals surface area contributed by atoms with Crippen molar-refractivity contribution in [2.45, 2.75) is 31.8 Å². The van der Waals surface area contributed by atoms with Crippen LogP contribution >= 0.6 is 0 Å². The van der Waals surface area contributed by atoms with Gasteiger partial charge in [0.25, 0.3) is 5.54 Å². The number of nitro groups is 2. The van der Waals surface area contributed by atoms with Crippen LogP contribution in [0.3, 0.4) is 0 Å². The van der Waals surface area contributed by atoms with Crippen LogP contribution in [0.4, 0.5) is 0 Å². The molecule has 0 radical (unpaired) electrons. The number of hydrogen-bond donors (Lipinski definition) is 1. The Labute approximate surface area is 74.7 Å². The van der Waals surface area contributed by atoms with Gasteiger partial charge < -0.3 is 5.11 Å². The molecule has 0 aliphatic rings. The van der Waals surface area contributed by atoms with Gasteiger partial charge in [-0.05, 0) is 0 Å². The molecule has 0 amide bonds. The molecule has 0 aromatic heterocycles. The van der Waals surface area contributed by atoms with Crippen molar-refractivity contribution in [3.63, 3.8) is 0 Å². The van der Waals surface area contributed by atoms with E-state index in [0.29, 0.717) is 0 Å². The van der Waals surface area contributed by atoms with E-state index >= 15 is 0 Å². The minimum Gasteiger partial charge on any atom is -0.389 e. The Balaban J connectivity index is 5.19. The topological polar surface area (TPSA) is 107 Å². The standard InChI is InChI=1S/C6H12N2O5/c1-5(2,7(10)11)6(3,4-9)8(12)13/h9H,4H2,1-3H3/t6-/m1/s1. The largest absolute Gasteiger partial charge is 0.389 e. The number of hydrogen-bond acceptors (Lipinski definition) is 5. The highest BCUT2D eigenvalue weighted by atomic mass is 16.7. The second-order valence-electron chi connectivity index (χ2n) is 3.51. The lowest BCUT2D eigenvalue weighted by molar-refractivity contribution is -0.678. The van der Waals surface area contributed by atoms with Crippen molar-refractivity contribution in [1.82, 2.24) is 0 Å². The fourth-order valence-electron chi connectivity index (χ4n) is 0.671. The zero-order chi connectivity index (χ0) is 10.9. The highest BCUT2D eigenvalue weighted by Gasteiger charge is 2.61. The van der Waals surface area contributed by atoms with Gasteiger partial charge in [0.15, 0.2) is 0 Å². The van der Waals surface area contributed by atoms with E-state index in [1.807, 2.05) is 0 Å². The van der Waals surface area contributed by atoms with E-state index in [4.69, 9.17) is 5.11 Å². The summed E-state index contributed by atoms with van der Waals surface area (Å²) in [6, 6.07) is 0. The average Bonchev–Trinajstić information content (AvgIpc) is 2.01. The second-order valence-corrected chi connectivity index (χ2v) is 3.51. The van der Waals surface area contributed by atoms with Crippen molar-refractivity contribution >= 4 is 0 Å². The molecule has 1 atom stereocenters. The van der Waals surface area contributed by atoms with Crippen LogP contribution < -0.4 is 0 Å². The zero-order valence-electron chi connectivity index (χ0n) is 7.68. The van der Waals surface area contributed by atoms with Crippen molar-refractivity contribution in [2.75, 3.05) is 6.61 Å². The molecule has 0 bridgehead atoms. The quantitative estimate of drug-likeness (QED) is 0.501. The lowest BCUT2D eigenvalue weighted by Crippen LogP contribution is -2.60. The number of aliphatic hydroxyl groups excluding tert-OH is 1. The summed E-state index contributed by atoms with van der Waals surface area (Å²) in [5.74, 6) is 0. The van der Waals surface area contributed by atoms with Crippen molar-refractivity contribution in [3.05, 3.63) is 20.2 Å². The van der Waals surface area contributed by atoms with Crippen LogP contribution in [0.15, 0.2) is 0 Å². The van der Waals surface area contributed by atoms with Crippen molar-refractivity contribution < 1.29 is 15.0 Å².